The van der Waals surface area contributed by atoms with Crippen molar-refractivity contribution >= 4 is 23.1 Å². The van der Waals surface area contributed by atoms with Crippen LogP contribution in [0.5, 0.6) is 0 Å². The van der Waals surface area contributed by atoms with Crippen LogP contribution in [0.15, 0.2) is 36.4 Å². The lowest BCUT2D eigenvalue weighted by Crippen LogP contribution is -2.39. The SMILES string of the molecule is Cc1cc(N[C@H]2C[C@H](O)C2)n2nc(C(C)c3ccc(Cl)cc3)cc2n1. The molecule has 5 nitrogen and oxygen atoms in total. The van der Waals surface area contributed by atoms with Gasteiger partial charge in [0.2, 0.25) is 0 Å². The van der Waals surface area contributed by atoms with E-state index >= 15 is 0 Å². The smallest absolute Gasteiger partial charge is 0.157 e. The topological polar surface area (TPSA) is 62.5 Å². The van der Waals surface area contributed by atoms with Crippen LogP contribution in [0.2, 0.25) is 5.02 Å². The second-order valence-electron chi connectivity index (χ2n) is 6.86. The Morgan fingerprint density at radius 2 is 1.96 bits per heavy atom. The Morgan fingerprint density at radius 1 is 1.24 bits per heavy atom. The summed E-state index contributed by atoms with van der Waals surface area (Å²) in [4.78, 5) is 4.60. The van der Waals surface area contributed by atoms with Crippen molar-refractivity contribution in [1.82, 2.24) is 14.6 Å². The van der Waals surface area contributed by atoms with E-state index in [9.17, 15) is 5.11 Å². The quantitative estimate of drug-likeness (QED) is 0.746. The number of hydrogen-bond acceptors (Lipinski definition) is 4. The number of aliphatic hydroxyl groups excluding tert-OH is 1. The van der Waals surface area contributed by atoms with Crippen molar-refractivity contribution in [2.45, 2.75) is 44.8 Å². The van der Waals surface area contributed by atoms with Gasteiger partial charge in [0.25, 0.3) is 0 Å². The predicted octanol–water partition coefficient (Wildman–Crippen LogP) is 3.78. The first-order valence-electron chi connectivity index (χ1n) is 8.57. The molecule has 1 aliphatic carbocycles. The molecule has 0 amide bonds. The Labute approximate surface area is 151 Å². The van der Waals surface area contributed by atoms with Crippen molar-refractivity contribution in [2.75, 3.05) is 5.32 Å². The fourth-order valence-electron chi connectivity index (χ4n) is 3.27. The first kappa shape index (κ1) is 16.4. The fourth-order valence-corrected chi connectivity index (χ4v) is 3.40. The van der Waals surface area contributed by atoms with E-state index in [0.29, 0.717) is 6.04 Å². The van der Waals surface area contributed by atoms with E-state index in [1.54, 1.807) is 0 Å². The number of aryl methyl sites for hydroxylation is 1. The predicted molar refractivity (Wildman–Crippen MR) is 99.3 cm³/mol. The highest BCUT2D eigenvalue weighted by Gasteiger charge is 2.27. The number of nitrogens with zero attached hydrogens (tertiary/aromatic N) is 3. The Morgan fingerprint density at radius 3 is 2.64 bits per heavy atom. The van der Waals surface area contributed by atoms with Crippen LogP contribution < -0.4 is 5.32 Å². The summed E-state index contributed by atoms with van der Waals surface area (Å²) >= 11 is 5.99. The number of rotatable bonds is 4. The average Bonchev–Trinajstić information content (AvgIpc) is 2.97. The molecule has 3 aromatic rings. The lowest BCUT2D eigenvalue weighted by molar-refractivity contribution is 0.0834. The van der Waals surface area contributed by atoms with Gasteiger partial charge in [-0.25, -0.2) is 4.98 Å². The van der Waals surface area contributed by atoms with Gasteiger partial charge in [0.15, 0.2) is 5.65 Å². The summed E-state index contributed by atoms with van der Waals surface area (Å²) in [6.45, 7) is 4.11. The molecule has 1 aliphatic rings. The molecule has 1 fully saturated rings. The molecule has 0 bridgehead atoms. The number of halogens is 1. The molecule has 1 atom stereocenters. The average molecular weight is 357 g/mol. The zero-order chi connectivity index (χ0) is 17.6. The summed E-state index contributed by atoms with van der Waals surface area (Å²) in [5.41, 5.74) is 3.91. The standard InChI is InChI=1S/C19H21ClN4O/c1-11-7-18(22-15-8-16(25)9-15)24-19(21-11)10-17(23-24)12(2)13-3-5-14(20)6-4-13/h3-7,10,12,15-16,22,25H,8-9H2,1-2H3/t12?,15-,16-. The van der Waals surface area contributed by atoms with Crippen LogP contribution in [0.4, 0.5) is 5.82 Å². The molecule has 4 rings (SSSR count). The third kappa shape index (κ3) is 3.22. The van der Waals surface area contributed by atoms with Gasteiger partial charge in [0, 0.05) is 34.8 Å². The first-order chi connectivity index (χ1) is 12.0. The van der Waals surface area contributed by atoms with E-state index in [1.807, 2.05) is 47.8 Å². The number of nitrogens with one attached hydrogen (secondary N) is 1. The number of fused-ring (bicyclic) bond motifs is 1. The fraction of sp³-hybridized carbons (Fsp3) is 0.368. The molecule has 6 heteroatoms. The summed E-state index contributed by atoms with van der Waals surface area (Å²) in [6.07, 6.45) is 1.37. The van der Waals surface area contributed by atoms with E-state index in [-0.39, 0.29) is 12.0 Å². The molecule has 1 saturated carbocycles. The lowest BCUT2D eigenvalue weighted by atomic mass is 9.89. The molecule has 0 radical (unpaired) electrons. The molecule has 0 aliphatic heterocycles. The number of benzene rings is 1. The number of aliphatic hydroxyl groups is 1. The molecule has 1 aromatic carbocycles. The Kier molecular flexibility index (Phi) is 4.13. The van der Waals surface area contributed by atoms with Crippen LogP contribution in [0.3, 0.4) is 0 Å². The second-order valence-corrected chi connectivity index (χ2v) is 7.30. The van der Waals surface area contributed by atoms with Gasteiger partial charge in [0.05, 0.1) is 11.8 Å². The number of anilines is 1. The first-order valence-corrected chi connectivity index (χ1v) is 8.95. The van der Waals surface area contributed by atoms with Gasteiger partial charge in [-0.2, -0.15) is 9.61 Å². The van der Waals surface area contributed by atoms with E-state index in [1.165, 1.54) is 5.56 Å². The Balaban J connectivity index is 1.68. The highest BCUT2D eigenvalue weighted by molar-refractivity contribution is 6.30. The van der Waals surface area contributed by atoms with E-state index < -0.39 is 0 Å². The monoisotopic (exact) mass is 356 g/mol. The molecule has 0 saturated heterocycles. The summed E-state index contributed by atoms with van der Waals surface area (Å²) in [6, 6.07) is 12.2. The minimum Gasteiger partial charge on any atom is -0.393 e. The minimum absolute atomic E-state index is 0.151. The zero-order valence-electron chi connectivity index (χ0n) is 14.3. The maximum Gasteiger partial charge on any atom is 0.157 e. The number of hydrogen-bond donors (Lipinski definition) is 2. The Hall–Kier alpha value is -2.11. The molecule has 0 spiro atoms. The van der Waals surface area contributed by atoms with Crippen LogP contribution in [0.25, 0.3) is 5.65 Å². The molecule has 2 heterocycles. The minimum atomic E-state index is -0.186. The van der Waals surface area contributed by atoms with Crippen molar-refractivity contribution in [3.8, 4) is 0 Å². The Bertz CT molecular complexity index is 900. The van der Waals surface area contributed by atoms with Crippen molar-refractivity contribution in [1.29, 1.82) is 0 Å². The molecular weight excluding hydrogens is 336 g/mol. The van der Waals surface area contributed by atoms with Crippen molar-refractivity contribution in [2.24, 2.45) is 0 Å². The maximum atomic E-state index is 9.50. The largest absolute Gasteiger partial charge is 0.393 e. The van der Waals surface area contributed by atoms with Gasteiger partial charge < -0.3 is 10.4 Å². The molecule has 25 heavy (non-hydrogen) atoms. The highest BCUT2D eigenvalue weighted by Crippen LogP contribution is 2.28. The zero-order valence-corrected chi connectivity index (χ0v) is 15.0. The van der Waals surface area contributed by atoms with E-state index in [4.69, 9.17) is 16.7 Å². The summed E-state index contributed by atoms with van der Waals surface area (Å²) in [5, 5.41) is 18.5. The van der Waals surface area contributed by atoms with E-state index in [2.05, 4.69) is 17.2 Å². The van der Waals surface area contributed by atoms with Crippen molar-refractivity contribution in [3.63, 3.8) is 0 Å². The van der Waals surface area contributed by atoms with Crippen molar-refractivity contribution in [3.05, 3.63) is 58.4 Å². The lowest BCUT2D eigenvalue weighted by Gasteiger charge is -2.32. The van der Waals surface area contributed by atoms with Gasteiger partial charge in [0.1, 0.15) is 5.82 Å². The van der Waals surface area contributed by atoms with Crippen molar-refractivity contribution < 1.29 is 5.11 Å². The highest BCUT2D eigenvalue weighted by atomic mass is 35.5. The molecular formula is C19H21ClN4O. The molecule has 1 unspecified atom stereocenters. The third-order valence-electron chi connectivity index (χ3n) is 4.85. The van der Waals surface area contributed by atoms with Crippen LogP contribution in [-0.2, 0) is 0 Å². The number of aromatic nitrogens is 3. The van der Waals surface area contributed by atoms with Crippen LogP contribution in [0, 0.1) is 6.92 Å². The summed E-state index contributed by atoms with van der Waals surface area (Å²) in [5.74, 6) is 1.08. The van der Waals surface area contributed by atoms with Gasteiger partial charge in [-0.15, -0.1) is 0 Å². The second kappa shape index (κ2) is 6.32. The molecule has 2 N–H and O–H groups in total. The van der Waals surface area contributed by atoms with Gasteiger partial charge in [-0.3, -0.25) is 0 Å². The van der Waals surface area contributed by atoms with E-state index in [0.717, 1.165) is 40.7 Å². The van der Waals surface area contributed by atoms with Gasteiger partial charge >= 0.3 is 0 Å². The summed E-state index contributed by atoms with van der Waals surface area (Å²) in [7, 11) is 0. The van der Waals surface area contributed by atoms with Crippen LogP contribution in [-0.4, -0.2) is 31.9 Å². The third-order valence-corrected chi connectivity index (χ3v) is 5.10. The van der Waals surface area contributed by atoms with Gasteiger partial charge in [-0.1, -0.05) is 30.7 Å². The molecule has 2 aromatic heterocycles. The van der Waals surface area contributed by atoms with Crippen LogP contribution in [0.1, 0.15) is 42.6 Å². The van der Waals surface area contributed by atoms with Crippen LogP contribution >= 0.6 is 11.6 Å². The molecule has 130 valence electrons. The maximum absolute atomic E-state index is 9.50. The van der Waals surface area contributed by atoms with Gasteiger partial charge in [-0.05, 0) is 37.5 Å². The summed E-state index contributed by atoms with van der Waals surface area (Å²) < 4.78 is 1.86. The normalized spacial score (nSPS) is 21.1.